The smallest absolute Gasteiger partial charge is 0.131 e. The minimum atomic E-state index is -0.135. The summed E-state index contributed by atoms with van der Waals surface area (Å²) in [4.78, 5) is 0. The fourth-order valence-corrected chi connectivity index (χ4v) is 3.49. The lowest BCUT2D eigenvalue weighted by Crippen LogP contribution is -2.24. The molecular formula is C18H23BrFN. The number of rotatable bonds is 5. The standard InChI is InChI=1S/C18H23BrFN/c19-16-7-6-14(18(20)11-16)10-15(12-21-17-8-9-17)13-4-2-1-3-5-13/h6-7,10-11,13,17,21H,1-5,8-9,12H2/b15-10-. The van der Waals surface area contributed by atoms with E-state index in [1.54, 1.807) is 6.07 Å². The molecule has 1 aromatic rings. The molecule has 2 aliphatic carbocycles. The van der Waals surface area contributed by atoms with Crippen molar-refractivity contribution in [1.82, 2.24) is 5.32 Å². The first-order chi connectivity index (χ1) is 10.2. The second-order valence-electron chi connectivity index (χ2n) is 6.38. The van der Waals surface area contributed by atoms with Crippen LogP contribution in [-0.2, 0) is 0 Å². The molecule has 0 saturated heterocycles. The largest absolute Gasteiger partial charge is 0.310 e. The SMILES string of the molecule is Fc1cc(Br)ccc1/C=C(/CNC1CC1)C1CCCCC1. The highest BCUT2D eigenvalue weighted by molar-refractivity contribution is 9.10. The van der Waals surface area contributed by atoms with E-state index in [2.05, 4.69) is 27.3 Å². The van der Waals surface area contributed by atoms with Gasteiger partial charge in [-0.3, -0.25) is 0 Å². The first kappa shape index (κ1) is 15.2. The molecule has 0 aromatic heterocycles. The lowest BCUT2D eigenvalue weighted by molar-refractivity contribution is 0.396. The monoisotopic (exact) mass is 351 g/mol. The van der Waals surface area contributed by atoms with Crippen molar-refractivity contribution in [2.75, 3.05) is 6.54 Å². The van der Waals surface area contributed by atoms with Crippen LogP contribution in [0.3, 0.4) is 0 Å². The maximum atomic E-state index is 14.1. The van der Waals surface area contributed by atoms with Crippen molar-refractivity contribution in [3.8, 4) is 0 Å². The Bertz CT molecular complexity index is 516. The molecule has 0 unspecified atom stereocenters. The first-order valence-corrected chi connectivity index (χ1v) is 8.90. The van der Waals surface area contributed by atoms with Gasteiger partial charge < -0.3 is 5.32 Å². The van der Waals surface area contributed by atoms with Crippen LogP contribution in [0.4, 0.5) is 4.39 Å². The molecule has 3 heteroatoms. The fourth-order valence-electron chi connectivity index (χ4n) is 3.15. The van der Waals surface area contributed by atoms with Gasteiger partial charge in [0.1, 0.15) is 5.82 Å². The van der Waals surface area contributed by atoms with Gasteiger partial charge in [-0.15, -0.1) is 0 Å². The van der Waals surface area contributed by atoms with Crippen molar-refractivity contribution in [3.05, 3.63) is 39.6 Å². The molecule has 21 heavy (non-hydrogen) atoms. The highest BCUT2D eigenvalue weighted by Gasteiger charge is 2.23. The third kappa shape index (κ3) is 4.40. The highest BCUT2D eigenvalue weighted by Crippen LogP contribution is 2.32. The Morgan fingerprint density at radius 1 is 1.19 bits per heavy atom. The van der Waals surface area contributed by atoms with Crippen molar-refractivity contribution >= 4 is 22.0 Å². The summed E-state index contributed by atoms with van der Waals surface area (Å²) in [6.45, 7) is 0.921. The van der Waals surface area contributed by atoms with Crippen LogP contribution in [-0.4, -0.2) is 12.6 Å². The van der Waals surface area contributed by atoms with Crippen molar-refractivity contribution in [1.29, 1.82) is 0 Å². The highest BCUT2D eigenvalue weighted by atomic mass is 79.9. The second-order valence-corrected chi connectivity index (χ2v) is 7.29. The van der Waals surface area contributed by atoms with Gasteiger partial charge in [-0.2, -0.15) is 0 Å². The van der Waals surface area contributed by atoms with Crippen LogP contribution in [0.5, 0.6) is 0 Å². The van der Waals surface area contributed by atoms with Gasteiger partial charge in [-0.1, -0.05) is 52.9 Å². The molecule has 114 valence electrons. The first-order valence-electron chi connectivity index (χ1n) is 8.11. The zero-order chi connectivity index (χ0) is 14.7. The predicted molar refractivity (Wildman–Crippen MR) is 89.7 cm³/mol. The van der Waals surface area contributed by atoms with Gasteiger partial charge in [-0.25, -0.2) is 4.39 Å². The number of hydrogen-bond acceptors (Lipinski definition) is 1. The van der Waals surface area contributed by atoms with Gasteiger partial charge in [0.25, 0.3) is 0 Å². The van der Waals surface area contributed by atoms with Gasteiger partial charge >= 0.3 is 0 Å². The Hall–Kier alpha value is -0.670. The predicted octanol–water partition coefficient (Wildman–Crippen LogP) is 5.30. The molecule has 1 aromatic carbocycles. The molecule has 0 aliphatic heterocycles. The Morgan fingerprint density at radius 2 is 1.95 bits per heavy atom. The summed E-state index contributed by atoms with van der Waals surface area (Å²) >= 11 is 3.32. The lowest BCUT2D eigenvalue weighted by Gasteiger charge is -2.25. The molecule has 0 spiro atoms. The zero-order valence-electron chi connectivity index (χ0n) is 12.4. The van der Waals surface area contributed by atoms with Crippen LogP contribution in [0.15, 0.2) is 28.2 Å². The minimum Gasteiger partial charge on any atom is -0.310 e. The molecule has 0 heterocycles. The summed E-state index contributed by atoms with van der Waals surface area (Å²) in [6.07, 6.45) is 11.2. The van der Waals surface area contributed by atoms with Crippen LogP contribution in [0, 0.1) is 11.7 Å². The lowest BCUT2D eigenvalue weighted by atomic mass is 9.83. The van der Waals surface area contributed by atoms with Crippen LogP contribution in [0.1, 0.15) is 50.5 Å². The Morgan fingerprint density at radius 3 is 2.62 bits per heavy atom. The number of hydrogen-bond donors (Lipinski definition) is 1. The van der Waals surface area contributed by atoms with Crippen molar-refractivity contribution in [3.63, 3.8) is 0 Å². The van der Waals surface area contributed by atoms with E-state index in [1.807, 2.05) is 12.1 Å². The summed E-state index contributed by atoms with van der Waals surface area (Å²) in [6, 6.07) is 6.05. The van der Waals surface area contributed by atoms with Crippen molar-refractivity contribution < 1.29 is 4.39 Å². The van der Waals surface area contributed by atoms with Crippen molar-refractivity contribution in [2.45, 2.75) is 51.0 Å². The Kier molecular flexibility index (Phi) is 5.12. The number of benzene rings is 1. The maximum absolute atomic E-state index is 14.1. The third-order valence-electron chi connectivity index (χ3n) is 4.61. The summed E-state index contributed by atoms with van der Waals surface area (Å²) in [5.41, 5.74) is 2.11. The van der Waals surface area contributed by atoms with Crippen LogP contribution < -0.4 is 5.32 Å². The van der Waals surface area contributed by atoms with E-state index in [0.29, 0.717) is 12.0 Å². The molecule has 1 nitrogen and oxygen atoms in total. The molecular weight excluding hydrogens is 329 g/mol. The van der Waals surface area contributed by atoms with Crippen LogP contribution >= 0.6 is 15.9 Å². The molecule has 3 rings (SSSR count). The van der Waals surface area contributed by atoms with Gasteiger partial charge in [0, 0.05) is 22.6 Å². The summed E-state index contributed by atoms with van der Waals surface area (Å²) in [5, 5.41) is 3.61. The average Bonchev–Trinajstić information content (AvgIpc) is 3.31. The van der Waals surface area contributed by atoms with Gasteiger partial charge in [0.05, 0.1) is 0 Å². The molecule has 0 radical (unpaired) electrons. The molecule has 2 fully saturated rings. The normalized spacial score (nSPS) is 20.8. The minimum absolute atomic E-state index is 0.135. The molecule has 0 bridgehead atoms. The molecule has 2 aliphatic rings. The van der Waals surface area contributed by atoms with Gasteiger partial charge in [-0.05, 0) is 43.7 Å². The summed E-state index contributed by atoms with van der Waals surface area (Å²) in [5.74, 6) is 0.497. The van der Waals surface area contributed by atoms with Gasteiger partial charge in [0.2, 0.25) is 0 Å². The van der Waals surface area contributed by atoms with E-state index in [0.717, 1.165) is 16.6 Å². The van der Waals surface area contributed by atoms with E-state index in [9.17, 15) is 4.39 Å². The van der Waals surface area contributed by atoms with E-state index in [1.165, 1.54) is 50.5 Å². The maximum Gasteiger partial charge on any atom is 0.131 e. The topological polar surface area (TPSA) is 12.0 Å². The zero-order valence-corrected chi connectivity index (χ0v) is 14.0. The summed E-state index contributed by atoms with van der Waals surface area (Å²) in [7, 11) is 0. The van der Waals surface area contributed by atoms with E-state index < -0.39 is 0 Å². The van der Waals surface area contributed by atoms with Crippen LogP contribution in [0.25, 0.3) is 6.08 Å². The van der Waals surface area contributed by atoms with E-state index in [4.69, 9.17) is 0 Å². The molecule has 0 amide bonds. The second kappa shape index (κ2) is 7.06. The summed E-state index contributed by atoms with van der Waals surface area (Å²) < 4.78 is 14.9. The Balaban J connectivity index is 1.79. The third-order valence-corrected chi connectivity index (χ3v) is 5.10. The van der Waals surface area contributed by atoms with Crippen LogP contribution in [0.2, 0.25) is 0 Å². The Labute approximate surface area is 135 Å². The van der Waals surface area contributed by atoms with E-state index in [-0.39, 0.29) is 5.82 Å². The molecule has 0 atom stereocenters. The number of nitrogens with one attached hydrogen (secondary N) is 1. The fraction of sp³-hybridized carbons (Fsp3) is 0.556. The van der Waals surface area contributed by atoms with Crippen molar-refractivity contribution in [2.24, 2.45) is 5.92 Å². The molecule has 2 saturated carbocycles. The van der Waals surface area contributed by atoms with E-state index >= 15 is 0 Å². The van der Waals surface area contributed by atoms with Gasteiger partial charge in [0.15, 0.2) is 0 Å². The molecule has 1 N–H and O–H groups in total. The quantitative estimate of drug-likeness (QED) is 0.758. The number of halogens is 2. The average molecular weight is 352 g/mol.